The summed E-state index contributed by atoms with van der Waals surface area (Å²) in [5, 5.41) is 0.766. The molecule has 0 N–H and O–H groups in total. The molecule has 0 radical (unpaired) electrons. The molecule has 144 valence electrons. The van der Waals surface area contributed by atoms with Crippen LogP contribution in [0.2, 0.25) is 5.02 Å². The minimum atomic E-state index is 0.123. The zero-order valence-electron chi connectivity index (χ0n) is 15.6. The lowest BCUT2D eigenvalue weighted by atomic mass is 9.69. The number of ether oxygens (including phenoxy) is 1. The number of halogens is 1. The molecule has 1 aliphatic heterocycles. The monoisotopic (exact) mass is 378 g/mol. The highest BCUT2D eigenvalue weighted by molar-refractivity contribution is 6.30. The lowest BCUT2D eigenvalue weighted by molar-refractivity contribution is 0.0850. The van der Waals surface area contributed by atoms with E-state index in [1.165, 1.54) is 57.8 Å². The molecule has 0 bridgehead atoms. The van der Waals surface area contributed by atoms with E-state index in [4.69, 9.17) is 26.1 Å². The first-order valence-electron chi connectivity index (χ1n) is 10.5. The van der Waals surface area contributed by atoms with Crippen molar-refractivity contribution in [1.82, 2.24) is 0 Å². The van der Waals surface area contributed by atoms with Crippen LogP contribution >= 0.6 is 11.6 Å². The molecular weight excluding hydrogens is 348 g/mol. The molecule has 2 saturated carbocycles. The third-order valence-electron chi connectivity index (χ3n) is 6.79. The molecule has 2 aliphatic carbocycles. The fourth-order valence-corrected chi connectivity index (χ4v) is 5.15. The van der Waals surface area contributed by atoms with Crippen LogP contribution < -0.4 is 4.74 Å². The van der Waals surface area contributed by atoms with E-state index in [0.29, 0.717) is 0 Å². The summed E-state index contributed by atoms with van der Waals surface area (Å²) in [6.45, 7) is 0.854. The Morgan fingerprint density at radius 1 is 0.769 bits per heavy atom. The zero-order valence-corrected chi connectivity index (χ0v) is 16.3. The predicted molar refractivity (Wildman–Crippen MR) is 103 cm³/mol. The average molecular weight is 379 g/mol. The maximum atomic E-state index is 5.97. The standard InChI is InChI=1S/C22H31ClO3/c23-20-10-12-21(13-11-20)24-15-17-3-8-19(9-4-17)18-6-1-16(2-7-18)5-14-22-25-26-22/h10-13,16-19,22H,1-9,14-15H2. The van der Waals surface area contributed by atoms with Gasteiger partial charge in [0.05, 0.1) is 6.61 Å². The Kier molecular flexibility index (Phi) is 6.40. The van der Waals surface area contributed by atoms with E-state index >= 15 is 0 Å². The second-order valence-corrected chi connectivity index (χ2v) is 8.96. The van der Waals surface area contributed by atoms with E-state index in [1.807, 2.05) is 24.3 Å². The molecule has 4 rings (SSSR count). The van der Waals surface area contributed by atoms with Crippen molar-refractivity contribution in [3.05, 3.63) is 29.3 Å². The number of benzene rings is 1. The Morgan fingerprint density at radius 2 is 1.35 bits per heavy atom. The molecule has 3 aliphatic rings. The summed E-state index contributed by atoms with van der Waals surface area (Å²) in [5.74, 6) is 4.49. The highest BCUT2D eigenvalue weighted by Crippen LogP contribution is 2.42. The SMILES string of the molecule is Clc1ccc(OCC2CCC(C3CCC(CCC4OO4)CC3)CC2)cc1. The minimum Gasteiger partial charge on any atom is -0.493 e. The highest BCUT2D eigenvalue weighted by Gasteiger charge is 2.32. The summed E-state index contributed by atoms with van der Waals surface area (Å²) in [6, 6.07) is 7.73. The lowest BCUT2D eigenvalue weighted by Gasteiger charge is -2.37. The molecule has 3 fully saturated rings. The smallest absolute Gasteiger partial charge is 0.224 e. The maximum absolute atomic E-state index is 5.97. The van der Waals surface area contributed by atoms with Crippen molar-refractivity contribution in [3.8, 4) is 5.75 Å². The predicted octanol–water partition coefficient (Wildman–Crippen LogP) is 6.40. The second-order valence-electron chi connectivity index (χ2n) is 8.53. The summed E-state index contributed by atoms with van der Waals surface area (Å²) in [6.07, 6.45) is 13.7. The maximum Gasteiger partial charge on any atom is 0.224 e. The molecule has 1 aromatic carbocycles. The molecular formula is C22H31ClO3. The largest absolute Gasteiger partial charge is 0.493 e. The summed E-state index contributed by atoms with van der Waals surface area (Å²) in [5.41, 5.74) is 0. The van der Waals surface area contributed by atoms with Gasteiger partial charge in [-0.05, 0) is 92.9 Å². The zero-order chi connectivity index (χ0) is 17.8. The van der Waals surface area contributed by atoms with Crippen molar-refractivity contribution in [3.63, 3.8) is 0 Å². The number of hydrogen-bond acceptors (Lipinski definition) is 3. The van der Waals surface area contributed by atoms with Crippen molar-refractivity contribution in [1.29, 1.82) is 0 Å². The van der Waals surface area contributed by atoms with Crippen LogP contribution in [0.1, 0.15) is 64.2 Å². The van der Waals surface area contributed by atoms with Crippen LogP contribution in [0, 0.1) is 23.7 Å². The second kappa shape index (κ2) is 8.95. The van der Waals surface area contributed by atoms with E-state index in [0.717, 1.165) is 47.5 Å². The molecule has 1 aromatic rings. The van der Waals surface area contributed by atoms with Crippen molar-refractivity contribution < 1.29 is 14.5 Å². The van der Waals surface area contributed by atoms with Crippen molar-refractivity contribution in [2.75, 3.05) is 6.61 Å². The van der Waals surface area contributed by atoms with Gasteiger partial charge in [0, 0.05) is 11.4 Å². The molecule has 26 heavy (non-hydrogen) atoms. The van der Waals surface area contributed by atoms with E-state index in [-0.39, 0.29) is 6.29 Å². The number of rotatable bonds is 7. The van der Waals surface area contributed by atoms with E-state index in [2.05, 4.69) is 0 Å². The first-order chi connectivity index (χ1) is 12.8. The number of hydrogen-bond donors (Lipinski definition) is 0. The van der Waals surface area contributed by atoms with Crippen molar-refractivity contribution in [2.45, 2.75) is 70.5 Å². The molecule has 0 atom stereocenters. The summed E-state index contributed by atoms with van der Waals surface area (Å²) in [4.78, 5) is 9.73. The molecule has 1 heterocycles. The lowest BCUT2D eigenvalue weighted by Crippen LogP contribution is -2.27. The third kappa shape index (κ3) is 5.37. The summed E-state index contributed by atoms with van der Waals surface area (Å²) >= 11 is 5.93. The van der Waals surface area contributed by atoms with Gasteiger partial charge in [-0.2, -0.15) is 9.78 Å². The van der Waals surface area contributed by atoms with Crippen molar-refractivity contribution in [2.24, 2.45) is 23.7 Å². The van der Waals surface area contributed by atoms with Gasteiger partial charge in [0.2, 0.25) is 6.29 Å². The van der Waals surface area contributed by atoms with Gasteiger partial charge in [-0.1, -0.05) is 24.4 Å². The van der Waals surface area contributed by atoms with Gasteiger partial charge in [-0.25, -0.2) is 0 Å². The average Bonchev–Trinajstić information content (AvgIpc) is 3.51. The Balaban J connectivity index is 1.13. The molecule has 0 unspecified atom stereocenters. The summed E-state index contributed by atoms with van der Waals surface area (Å²) < 4.78 is 5.97. The van der Waals surface area contributed by atoms with E-state index in [1.54, 1.807) is 0 Å². The fourth-order valence-electron chi connectivity index (χ4n) is 5.03. The quantitative estimate of drug-likeness (QED) is 0.406. The van der Waals surface area contributed by atoms with Gasteiger partial charge in [0.15, 0.2) is 0 Å². The molecule has 1 saturated heterocycles. The molecule has 0 aromatic heterocycles. The first kappa shape index (κ1) is 18.6. The van der Waals surface area contributed by atoms with Gasteiger partial charge in [-0.15, -0.1) is 0 Å². The topological polar surface area (TPSA) is 34.3 Å². The normalized spacial score (nSPS) is 32.3. The van der Waals surface area contributed by atoms with E-state index < -0.39 is 0 Å². The van der Waals surface area contributed by atoms with Crippen LogP contribution in [0.5, 0.6) is 5.75 Å². The Labute approximate surface area is 162 Å². The van der Waals surface area contributed by atoms with E-state index in [9.17, 15) is 0 Å². The fraction of sp³-hybridized carbons (Fsp3) is 0.727. The Bertz CT molecular complexity index is 541. The first-order valence-corrected chi connectivity index (χ1v) is 10.8. The van der Waals surface area contributed by atoms with Crippen molar-refractivity contribution >= 4 is 11.6 Å². The Hall–Kier alpha value is -0.770. The van der Waals surface area contributed by atoms with Gasteiger partial charge in [-0.3, -0.25) is 0 Å². The third-order valence-corrected chi connectivity index (χ3v) is 7.04. The molecule has 0 spiro atoms. The van der Waals surface area contributed by atoms with Gasteiger partial charge in [0.25, 0.3) is 0 Å². The van der Waals surface area contributed by atoms with Crippen LogP contribution in [0.3, 0.4) is 0 Å². The van der Waals surface area contributed by atoms with Crippen LogP contribution in [0.4, 0.5) is 0 Å². The van der Waals surface area contributed by atoms with Crippen LogP contribution in [0.15, 0.2) is 24.3 Å². The van der Waals surface area contributed by atoms with Gasteiger partial charge < -0.3 is 4.74 Å². The van der Waals surface area contributed by atoms with Gasteiger partial charge >= 0.3 is 0 Å². The molecule has 0 amide bonds. The van der Waals surface area contributed by atoms with Crippen LogP contribution in [-0.4, -0.2) is 12.9 Å². The summed E-state index contributed by atoms with van der Waals surface area (Å²) in [7, 11) is 0. The van der Waals surface area contributed by atoms with Crippen LogP contribution in [-0.2, 0) is 9.78 Å². The van der Waals surface area contributed by atoms with Crippen LogP contribution in [0.25, 0.3) is 0 Å². The van der Waals surface area contributed by atoms with Gasteiger partial charge in [0.1, 0.15) is 5.75 Å². The molecule has 4 heteroatoms. The highest BCUT2D eigenvalue weighted by atomic mass is 35.5. The Morgan fingerprint density at radius 3 is 1.92 bits per heavy atom. The minimum absolute atomic E-state index is 0.123. The molecule has 3 nitrogen and oxygen atoms in total.